The van der Waals surface area contributed by atoms with Crippen LogP contribution in [0.25, 0.3) is 0 Å². The molecule has 0 saturated carbocycles. The Morgan fingerprint density at radius 1 is 0.304 bits per heavy atom. The average Bonchev–Trinajstić information content (AvgIpc) is 3.35. The minimum atomic E-state index is -0.787. The molecule has 0 spiro atoms. The van der Waals surface area contributed by atoms with E-state index in [1.807, 2.05) is 0 Å². The monoisotopic (exact) mass is 957 g/mol. The first-order chi connectivity index (χ1) is 34.0. The molecular formula is C63H104O6. The van der Waals surface area contributed by atoms with Crippen molar-refractivity contribution in [3.05, 3.63) is 109 Å². The van der Waals surface area contributed by atoms with Gasteiger partial charge in [-0.2, -0.15) is 0 Å². The standard InChI is InChI=1S/C63H104O6/c1-4-7-10-13-16-18-20-22-24-25-26-27-28-29-30-31-32-33-34-35-36-37-38-39-40-42-43-45-47-50-53-56-62(65)68-59-60(58-67-61(64)55-52-49-15-12-9-6-3)69-63(66)57-54-51-48-46-44-41-23-21-19-17-14-11-8-5-2/h7,10,16,18,22,24,26-27,29-30,32-33,35-36,38-39,42-43,60H,4-6,8-9,11-15,17,19-21,23,25,28,31,34,37,40-41,44-59H2,1-3H3/b10-7-,18-16-,24-22-,27-26-,30-29-,33-32-,36-35-,39-38-,43-42-. The molecule has 0 aliphatic carbocycles. The van der Waals surface area contributed by atoms with E-state index in [0.29, 0.717) is 19.3 Å². The van der Waals surface area contributed by atoms with Crippen LogP contribution in [0.4, 0.5) is 0 Å². The van der Waals surface area contributed by atoms with Crippen LogP contribution in [0.5, 0.6) is 0 Å². The molecule has 0 fully saturated rings. The van der Waals surface area contributed by atoms with Crippen molar-refractivity contribution < 1.29 is 28.6 Å². The number of rotatable bonds is 50. The van der Waals surface area contributed by atoms with Gasteiger partial charge in [-0.05, 0) is 89.9 Å². The number of hydrogen-bond donors (Lipinski definition) is 0. The summed E-state index contributed by atoms with van der Waals surface area (Å²) in [4.78, 5) is 37.8. The highest BCUT2D eigenvalue weighted by Gasteiger charge is 2.19. The average molecular weight is 958 g/mol. The summed E-state index contributed by atoms with van der Waals surface area (Å²) in [7, 11) is 0. The first kappa shape index (κ1) is 65.1. The molecule has 0 rings (SSSR count). The van der Waals surface area contributed by atoms with Crippen LogP contribution >= 0.6 is 0 Å². The highest BCUT2D eigenvalue weighted by molar-refractivity contribution is 5.71. The van der Waals surface area contributed by atoms with Gasteiger partial charge in [-0.1, -0.05) is 252 Å². The lowest BCUT2D eigenvalue weighted by Crippen LogP contribution is -2.30. The van der Waals surface area contributed by atoms with Crippen molar-refractivity contribution in [1.82, 2.24) is 0 Å². The molecule has 0 aromatic carbocycles. The van der Waals surface area contributed by atoms with Gasteiger partial charge in [0.2, 0.25) is 0 Å². The molecule has 0 aromatic heterocycles. The number of allylic oxidation sites excluding steroid dienone is 18. The fourth-order valence-electron chi connectivity index (χ4n) is 7.55. The molecule has 6 nitrogen and oxygen atoms in total. The molecule has 0 aliphatic heterocycles. The lowest BCUT2D eigenvalue weighted by atomic mass is 10.0. The molecule has 0 amide bonds. The first-order valence-electron chi connectivity index (χ1n) is 28.4. The highest BCUT2D eigenvalue weighted by atomic mass is 16.6. The SMILES string of the molecule is CC/C=C\C/C=C\C/C=C\C/C=C\C/C=C\C/C=C\C/C=C\C/C=C\C/C=C\CCCCCC(=O)OCC(COC(=O)CCCCCCCC)OC(=O)CCCCCCCCCCCCCCCC. The molecule has 392 valence electrons. The molecule has 0 bridgehead atoms. The lowest BCUT2D eigenvalue weighted by Gasteiger charge is -2.18. The van der Waals surface area contributed by atoms with Crippen LogP contribution in [0.2, 0.25) is 0 Å². The smallest absolute Gasteiger partial charge is 0.306 e. The summed E-state index contributed by atoms with van der Waals surface area (Å²) in [6, 6.07) is 0. The number of ether oxygens (including phenoxy) is 3. The summed E-state index contributed by atoms with van der Waals surface area (Å²) in [5, 5.41) is 0. The topological polar surface area (TPSA) is 78.9 Å². The van der Waals surface area contributed by atoms with Crippen molar-refractivity contribution >= 4 is 17.9 Å². The number of hydrogen-bond acceptors (Lipinski definition) is 6. The van der Waals surface area contributed by atoms with E-state index in [1.165, 1.54) is 89.9 Å². The zero-order chi connectivity index (χ0) is 50.0. The maximum atomic E-state index is 12.8. The Morgan fingerprint density at radius 2 is 0.565 bits per heavy atom. The number of unbranched alkanes of at least 4 members (excludes halogenated alkanes) is 21. The van der Waals surface area contributed by atoms with Crippen LogP contribution in [0, 0.1) is 0 Å². The Morgan fingerprint density at radius 3 is 0.884 bits per heavy atom. The van der Waals surface area contributed by atoms with E-state index in [1.54, 1.807) is 0 Å². The molecule has 1 atom stereocenters. The number of carbonyl (C=O) groups excluding carboxylic acids is 3. The van der Waals surface area contributed by atoms with E-state index in [4.69, 9.17) is 14.2 Å². The maximum absolute atomic E-state index is 12.8. The van der Waals surface area contributed by atoms with Crippen molar-refractivity contribution in [3.63, 3.8) is 0 Å². The van der Waals surface area contributed by atoms with Gasteiger partial charge in [-0.3, -0.25) is 14.4 Å². The van der Waals surface area contributed by atoms with Crippen molar-refractivity contribution in [2.24, 2.45) is 0 Å². The third-order valence-corrected chi connectivity index (χ3v) is 11.8. The van der Waals surface area contributed by atoms with E-state index in [9.17, 15) is 14.4 Å². The van der Waals surface area contributed by atoms with Gasteiger partial charge in [0.15, 0.2) is 6.10 Å². The van der Waals surface area contributed by atoms with Crippen LogP contribution in [-0.4, -0.2) is 37.2 Å². The largest absolute Gasteiger partial charge is 0.462 e. The molecule has 0 aromatic rings. The van der Waals surface area contributed by atoms with Gasteiger partial charge in [0.1, 0.15) is 13.2 Å². The molecule has 0 heterocycles. The van der Waals surface area contributed by atoms with Crippen LogP contribution in [0.1, 0.15) is 252 Å². The van der Waals surface area contributed by atoms with Crippen LogP contribution < -0.4 is 0 Å². The van der Waals surface area contributed by atoms with Gasteiger partial charge in [-0.15, -0.1) is 0 Å². The van der Waals surface area contributed by atoms with E-state index >= 15 is 0 Å². The minimum Gasteiger partial charge on any atom is -0.462 e. The summed E-state index contributed by atoms with van der Waals surface area (Å²) in [5.41, 5.74) is 0. The van der Waals surface area contributed by atoms with Gasteiger partial charge in [0.05, 0.1) is 0 Å². The second-order valence-electron chi connectivity index (χ2n) is 18.5. The highest BCUT2D eigenvalue weighted by Crippen LogP contribution is 2.15. The molecule has 0 saturated heterocycles. The molecule has 1 unspecified atom stereocenters. The van der Waals surface area contributed by atoms with Crippen molar-refractivity contribution in [2.45, 2.75) is 258 Å². The van der Waals surface area contributed by atoms with Crippen LogP contribution in [0.3, 0.4) is 0 Å². The Bertz CT molecular complexity index is 1420. The third kappa shape index (κ3) is 54.9. The van der Waals surface area contributed by atoms with E-state index in [2.05, 4.69) is 130 Å². The second kappa shape index (κ2) is 56.7. The predicted octanol–water partition coefficient (Wildman–Crippen LogP) is 19.1. The van der Waals surface area contributed by atoms with Gasteiger partial charge in [0, 0.05) is 19.3 Å². The lowest BCUT2D eigenvalue weighted by molar-refractivity contribution is -0.167. The summed E-state index contributed by atoms with van der Waals surface area (Å²) in [6.45, 7) is 6.43. The van der Waals surface area contributed by atoms with Gasteiger partial charge >= 0.3 is 17.9 Å². The molecule has 0 N–H and O–H groups in total. The minimum absolute atomic E-state index is 0.0876. The third-order valence-electron chi connectivity index (χ3n) is 11.8. The number of esters is 3. The Kier molecular flexibility index (Phi) is 53.4. The zero-order valence-electron chi connectivity index (χ0n) is 44.8. The van der Waals surface area contributed by atoms with Crippen molar-refractivity contribution in [3.8, 4) is 0 Å². The van der Waals surface area contributed by atoms with Gasteiger partial charge in [-0.25, -0.2) is 0 Å². The van der Waals surface area contributed by atoms with Crippen molar-refractivity contribution in [2.75, 3.05) is 13.2 Å². The fourth-order valence-corrected chi connectivity index (χ4v) is 7.55. The zero-order valence-corrected chi connectivity index (χ0v) is 44.8. The van der Waals surface area contributed by atoms with Gasteiger partial charge in [0.25, 0.3) is 0 Å². The Balaban J connectivity index is 4.20. The molecule has 6 heteroatoms. The van der Waals surface area contributed by atoms with E-state index < -0.39 is 6.10 Å². The fraction of sp³-hybridized carbons (Fsp3) is 0.667. The number of carbonyl (C=O) groups is 3. The summed E-state index contributed by atoms with van der Waals surface area (Å²) >= 11 is 0. The van der Waals surface area contributed by atoms with Gasteiger partial charge < -0.3 is 14.2 Å². The summed E-state index contributed by atoms with van der Waals surface area (Å²) in [5.74, 6) is -0.931. The summed E-state index contributed by atoms with van der Waals surface area (Å²) < 4.78 is 16.7. The van der Waals surface area contributed by atoms with E-state index in [-0.39, 0.29) is 31.1 Å². The van der Waals surface area contributed by atoms with Crippen LogP contribution in [0.15, 0.2) is 109 Å². The quantitative estimate of drug-likeness (QED) is 0.0262. The molecule has 0 aliphatic rings. The molecule has 0 radical (unpaired) electrons. The predicted molar refractivity (Wildman–Crippen MR) is 297 cm³/mol. The summed E-state index contributed by atoms with van der Waals surface area (Å²) in [6.07, 6.45) is 76.8. The second-order valence-corrected chi connectivity index (χ2v) is 18.5. The molecule has 69 heavy (non-hydrogen) atoms. The normalized spacial score (nSPS) is 12.9. The Hall–Kier alpha value is -3.93. The maximum Gasteiger partial charge on any atom is 0.306 e. The van der Waals surface area contributed by atoms with E-state index in [0.717, 1.165) is 122 Å². The first-order valence-corrected chi connectivity index (χ1v) is 28.4. The Labute approximate surface area is 425 Å². The van der Waals surface area contributed by atoms with Crippen LogP contribution in [-0.2, 0) is 28.6 Å². The molecular weight excluding hydrogens is 853 g/mol. The van der Waals surface area contributed by atoms with Crippen molar-refractivity contribution in [1.29, 1.82) is 0 Å².